The standard InChI is InChI=1S/C38H17B9N4.C7H3B5/c39-27-24(25-29(41)33(45)35(47)34(46)30(25)42)28(40)32(44)26(31(27)43)38(49)50-37(48)20-14-13-19-17-10-5-4-9-16(17)18-11-6-12-21-22(18)23(19)36(20)51(21)15-7-2-1-3-8-15;1-2-3(8)5(10)7(12)6(11)4(2)9/h1-14H,(H3,48,49,50);1H3. The van der Waals surface area contributed by atoms with Crippen molar-refractivity contribution < 1.29 is 0 Å². The Labute approximate surface area is 385 Å². The average molecular weight is 768 g/mol. The SMILES string of the molecule is [B]c1c([B])c([B])c(-c2c([B])c([B])c(C(=N)N=C(N)c3ccc4c5ccccc5c5cccc6c5c4c3n6-c3ccccc3)c([B])c2[B])c([B])c1[B].[B]c1c([B])c([B])c(C)c([B])c1[B]. The highest BCUT2D eigenvalue weighted by Gasteiger charge is 2.25. The quantitative estimate of drug-likeness (QED) is 0.0798. The Hall–Kier alpha value is -5.61. The molecule has 0 saturated heterocycles. The molecule has 0 atom stereocenters. The van der Waals surface area contributed by atoms with Crippen LogP contribution in [0.15, 0.2) is 89.9 Å². The Balaban J connectivity index is 0.000000394. The van der Waals surface area contributed by atoms with Gasteiger partial charge in [0.05, 0.1) is 11.0 Å². The lowest BCUT2D eigenvalue weighted by atomic mass is 9.56. The van der Waals surface area contributed by atoms with E-state index in [0.29, 0.717) is 33.0 Å². The molecule has 8 aromatic carbocycles. The lowest BCUT2D eigenvalue weighted by Crippen LogP contribution is -2.57. The third-order valence-corrected chi connectivity index (χ3v) is 11.8. The summed E-state index contributed by atoms with van der Waals surface area (Å²) in [6.07, 6.45) is 0. The number of nitrogens with zero attached hydrogens (tertiary/aromatic N) is 2. The number of nitrogens with two attached hydrogens (primary N) is 1. The first kappa shape index (κ1) is 44.0. The smallest absolute Gasteiger partial charge is 0.152 e. The van der Waals surface area contributed by atoms with Crippen LogP contribution in [0.3, 0.4) is 0 Å². The Morgan fingerprint density at radius 3 is 1.41 bits per heavy atom. The molecule has 262 valence electrons. The molecule has 0 saturated carbocycles. The predicted molar refractivity (Wildman–Crippen MR) is 283 cm³/mol. The molecule has 4 nitrogen and oxygen atoms in total. The summed E-state index contributed by atoms with van der Waals surface area (Å²) < 4.78 is 2.18. The van der Waals surface area contributed by atoms with Crippen molar-refractivity contribution in [2.75, 3.05) is 0 Å². The summed E-state index contributed by atoms with van der Waals surface area (Å²) >= 11 is 0. The van der Waals surface area contributed by atoms with Gasteiger partial charge in [-0.15, -0.1) is 43.7 Å². The summed E-state index contributed by atoms with van der Waals surface area (Å²) in [5.41, 5.74) is 12.6. The van der Waals surface area contributed by atoms with Crippen molar-refractivity contribution in [2.24, 2.45) is 10.7 Å². The van der Waals surface area contributed by atoms with Gasteiger partial charge in [-0.05, 0) is 63.9 Å². The van der Waals surface area contributed by atoms with E-state index in [1.54, 1.807) is 6.92 Å². The molecule has 9 aromatic rings. The minimum absolute atomic E-state index is 0.00157. The zero-order valence-corrected chi connectivity index (χ0v) is 34.1. The molecular weight excluding hydrogens is 748 g/mol. The Kier molecular flexibility index (Phi) is 11.5. The van der Waals surface area contributed by atoms with Crippen LogP contribution in [0, 0.1) is 12.3 Å². The number of nitrogens with one attached hydrogen (secondary N) is 1. The molecule has 28 radical (unpaired) electrons. The first-order valence-corrected chi connectivity index (χ1v) is 19.3. The number of aliphatic imine (C=N–C) groups is 1. The topological polar surface area (TPSA) is 67.2 Å². The second-order valence-corrected chi connectivity index (χ2v) is 15.2. The van der Waals surface area contributed by atoms with Crippen LogP contribution in [-0.2, 0) is 0 Å². The summed E-state index contributed by atoms with van der Waals surface area (Å²) in [7, 11) is 85.0. The van der Waals surface area contributed by atoms with Gasteiger partial charge in [-0.25, -0.2) is 4.99 Å². The molecule has 0 amide bonds. The highest BCUT2D eigenvalue weighted by molar-refractivity contribution is 6.71. The molecule has 0 fully saturated rings. The van der Waals surface area contributed by atoms with Gasteiger partial charge in [-0.3, -0.25) is 5.41 Å². The summed E-state index contributed by atoms with van der Waals surface area (Å²) in [6, 6.07) is 28.6. The summed E-state index contributed by atoms with van der Waals surface area (Å²) in [4.78, 5) is 4.56. The summed E-state index contributed by atoms with van der Waals surface area (Å²) in [6.45, 7) is 1.75. The van der Waals surface area contributed by atoms with Crippen molar-refractivity contribution in [1.29, 1.82) is 5.41 Å². The van der Waals surface area contributed by atoms with Gasteiger partial charge in [-0.1, -0.05) is 99.0 Å². The van der Waals surface area contributed by atoms with E-state index in [2.05, 4.69) is 39.9 Å². The van der Waals surface area contributed by atoms with Gasteiger partial charge in [0.15, 0.2) is 5.84 Å². The van der Waals surface area contributed by atoms with Crippen molar-refractivity contribution >= 4 is 241 Å². The minimum atomic E-state index is -0.359. The van der Waals surface area contributed by atoms with Crippen LogP contribution in [0.25, 0.3) is 60.2 Å². The monoisotopic (exact) mass is 770 g/mol. The molecule has 3 N–H and O–H groups in total. The Morgan fingerprint density at radius 2 is 0.889 bits per heavy atom. The van der Waals surface area contributed by atoms with Crippen LogP contribution >= 0.6 is 0 Å². The van der Waals surface area contributed by atoms with Gasteiger partial charge in [0.1, 0.15) is 116 Å². The summed E-state index contributed by atoms with van der Waals surface area (Å²) in [5.74, 6) is -0.304. The average Bonchev–Trinajstić information content (AvgIpc) is 3.64. The molecular formula is C45H20B14N4. The van der Waals surface area contributed by atoms with E-state index in [4.69, 9.17) is 121 Å². The van der Waals surface area contributed by atoms with E-state index in [1.807, 2.05) is 54.6 Å². The van der Waals surface area contributed by atoms with E-state index in [0.717, 1.165) is 49.0 Å². The van der Waals surface area contributed by atoms with Gasteiger partial charge in [0.2, 0.25) is 0 Å². The Bertz CT molecular complexity index is 3270. The van der Waals surface area contributed by atoms with Crippen molar-refractivity contribution in [3.8, 4) is 16.8 Å². The molecule has 9 rings (SSSR count). The highest BCUT2D eigenvalue weighted by atomic mass is 15.0. The maximum absolute atomic E-state index is 9.11. The van der Waals surface area contributed by atoms with Gasteiger partial charge in [0.25, 0.3) is 0 Å². The van der Waals surface area contributed by atoms with Crippen molar-refractivity contribution in [2.45, 2.75) is 6.92 Å². The van der Waals surface area contributed by atoms with Crippen molar-refractivity contribution in [1.82, 2.24) is 4.57 Å². The normalized spacial score (nSPS) is 11.7. The number of rotatable bonds is 4. The molecule has 1 aromatic heterocycles. The van der Waals surface area contributed by atoms with Crippen LogP contribution in [0.2, 0.25) is 0 Å². The summed E-state index contributed by atoms with van der Waals surface area (Å²) in [5, 5.41) is 15.7. The first-order chi connectivity index (χ1) is 29.9. The van der Waals surface area contributed by atoms with Crippen LogP contribution in [-0.4, -0.2) is 126 Å². The largest absolute Gasteiger partial charge is 0.383 e. The lowest BCUT2D eigenvalue weighted by Gasteiger charge is -2.28. The third kappa shape index (κ3) is 6.82. The van der Waals surface area contributed by atoms with E-state index < -0.39 is 0 Å². The van der Waals surface area contributed by atoms with Crippen LogP contribution in [0.4, 0.5) is 0 Å². The zero-order chi connectivity index (χ0) is 45.5. The zero-order valence-electron chi connectivity index (χ0n) is 34.1. The van der Waals surface area contributed by atoms with Gasteiger partial charge >= 0.3 is 0 Å². The molecule has 63 heavy (non-hydrogen) atoms. The molecule has 18 heteroatoms. The van der Waals surface area contributed by atoms with Crippen LogP contribution < -0.4 is 82.2 Å². The molecule has 0 spiro atoms. The first-order valence-electron chi connectivity index (χ1n) is 19.3. The van der Waals surface area contributed by atoms with Gasteiger partial charge < -0.3 is 10.3 Å². The van der Waals surface area contributed by atoms with Crippen LogP contribution in [0.5, 0.6) is 0 Å². The number of benzene rings is 8. The second kappa shape index (κ2) is 16.5. The maximum atomic E-state index is 9.11. The van der Waals surface area contributed by atoms with Gasteiger partial charge in [0, 0.05) is 27.6 Å². The number of amidine groups is 2. The highest BCUT2D eigenvalue weighted by Crippen LogP contribution is 2.44. The maximum Gasteiger partial charge on any atom is 0.152 e. The number of hydrogen-bond acceptors (Lipinski definition) is 1. The second-order valence-electron chi connectivity index (χ2n) is 15.2. The lowest BCUT2D eigenvalue weighted by molar-refractivity contribution is 1.18. The molecule has 0 aliphatic rings. The van der Waals surface area contributed by atoms with E-state index >= 15 is 0 Å². The molecule has 0 aliphatic heterocycles. The number of para-hydroxylation sites is 1. The molecule has 1 heterocycles. The fourth-order valence-corrected chi connectivity index (χ4v) is 8.33. The van der Waals surface area contributed by atoms with Crippen molar-refractivity contribution in [3.63, 3.8) is 0 Å². The van der Waals surface area contributed by atoms with Gasteiger partial charge in [-0.2, -0.15) is 0 Å². The van der Waals surface area contributed by atoms with E-state index in [1.165, 1.54) is 0 Å². The molecule has 0 bridgehead atoms. The van der Waals surface area contributed by atoms with E-state index in [9.17, 15) is 0 Å². The van der Waals surface area contributed by atoms with Crippen LogP contribution in [0.1, 0.15) is 16.7 Å². The fraction of sp³-hybridized carbons (Fsp3) is 0.0222. The van der Waals surface area contributed by atoms with Crippen molar-refractivity contribution in [3.05, 3.63) is 102 Å². The van der Waals surface area contributed by atoms with E-state index in [-0.39, 0.29) is 83.0 Å². The number of hydrogen-bond donors (Lipinski definition) is 2. The number of fused-ring (bicyclic) bond motifs is 3. The minimum Gasteiger partial charge on any atom is -0.383 e. The predicted octanol–water partition coefficient (Wildman–Crippen LogP) is -5.97. The number of aromatic nitrogens is 1. The Morgan fingerprint density at radius 1 is 0.460 bits per heavy atom. The molecule has 0 unspecified atom stereocenters. The fourth-order valence-electron chi connectivity index (χ4n) is 8.33. The third-order valence-electron chi connectivity index (χ3n) is 11.8. The molecule has 0 aliphatic carbocycles.